The second-order valence-corrected chi connectivity index (χ2v) is 11.9. The minimum atomic E-state index is -1.07. The van der Waals surface area contributed by atoms with Crippen molar-refractivity contribution in [3.8, 4) is 0 Å². The van der Waals surface area contributed by atoms with E-state index in [0.29, 0.717) is 19.0 Å². The molecule has 2 unspecified atom stereocenters. The molecule has 206 valence electrons. The number of amides is 1. The van der Waals surface area contributed by atoms with E-state index < -0.39 is 5.54 Å². The van der Waals surface area contributed by atoms with E-state index >= 15 is 0 Å². The number of nitrogens with zero attached hydrogens (tertiary/aromatic N) is 3. The first-order valence-corrected chi connectivity index (χ1v) is 14.5. The van der Waals surface area contributed by atoms with Crippen LogP contribution in [0.3, 0.4) is 0 Å². The fourth-order valence-corrected chi connectivity index (χ4v) is 7.04. The molecule has 2 saturated heterocycles. The summed E-state index contributed by atoms with van der Waals surface area (Å²) in [5.41, 5.74) is 9.43. The summed E-state index contributed by atoms with van der Waals surface area (Å²) in [6.45, 7) is 9.70. The van der Waals surface area contributed by atoms with E-state index in [4.69, 9.17) is 5.73 Å². The highest BCUT2D eigenvalue weighted by atomic mass is 16.2. The molecule has 1 amide bonds. The van der Waals surface area contributed by atoms with Gasteiger partial charge in [0, 0.05) is 37.6 Å². The van der Waals surface area contributed by atoms with Gasteiger partial charge in [-0.1, -0.05) is 91.0 Å². The largest absolute Gasteiger partial charge is 0.339 e. The fraction of sp³-hybridized carbons (Fsp3) is 0.441. The Kier molecular flexibility index (Phi) is 8.22. The molecule has 3 aromatic carbocycles. The first-order chi connectivity index (χ1) is 18.8. The molecule has 0 bridgehead atoms. The quantitative estimate of drug-likeness (QED) is 0.476. The highest BCUT2D eigenvalue weighted by Gasteiger charge is 2.46. The van der Waals surface area contributed by atoms with Gasteiger partial charge in [-0.05, 0) is 69.4 Å². The van der Waals surface area contributed by atoms with Crippen molar-refractivity contribution in [2.75, 3.05) is 46.3 Å². The molecule has 2 atom stereocenters. The Labute approximate surface area is 234 Å². The van der Waals surface area contributed by atoms with Crippen LogP contribution in [0, 0.1) is 5.92 Å². The number of hydrogen-bond acceptors (Lipinski definition) is 4. The average molecular weight is 525 g/mol. The summed E-state index contributed by atoms with van der Waals surface area (Å²) in [7, 11) is 2.22. The lowest BCUT2D eigenvalue weighted by Crippen LogP contribution is -2.63. The van der Waals surface area contributed by atoms with E-state index in [1.54, 1.807) is 0 Å². The monoisotopic (exact) mass is 524 g/mol. The molecule has 0 spiro atoms. The van der Waals surface area contributed by atoms with Gasteiger partial charge in [-0.3, -0.25) is 9.69 Å². The molecule has 39 heavy (non-hydrogen) atoms. The van der Waals surface area contributed by atoms with Crippen molar-refractivity contribution in [3.63, 3.8) is 0 Å². The molecule has 0 aromatic heterocycles. The van der Waals surface area contributed by atoms with Gasteiger partial charge < -0.3 is 15.5 Å². The SMILES string of the molecule is CN1CCC(C(C)(c2ccccc2)N2CCN(C(=O)C(C)(N)C(c3ccccc3)c3ccccc3)CC2)CC1. The zero-order chi connectivity index (χ0) is 27.5. The first-order valence-electron chi connectivity index (χ1n) is 14.5. The van der Waals surface area contributed by atoms with Crippen LogP contribution in [-0.4, -0.2) is 72.5 Å². The molecule has 2 aliphatic heterocycles. The average Bonchev–Trinajstić information content (AvgIpc) is 2.98. The van der Waals surface area contributed by atoms with Gasteiger partial charge in [0.25, 0.3) is 0 Å². The maximum Gasteiger partial charge on any atom is 0.243 e. The summed E-state index contributed by atoms with van der Waals surface area (Å²) in [4.78, 5) is 21.2. The Bertz CT molecular complexity index is 1160. The third-order valence-corrected chi connectivity index (χ3v) is 9.42. The smallest absolute Gasteiger partial charge is 0.243 e. The van der Waals surface area contributed by atoms with Crippen LogP contribution in [0.1, 0.15) is 49.3 Å². The van der Waals surface area contributed by atoms with Crippen LogP contribution < -0.4 is 5.73 Å². The highest BCUT2D eigenvalue weighted by molar-refractivity contribution is 5.88. The molecule has 2 aliphatic rings. The van der Waals surface area contributed by atoms with Crippen molar-refractivity contribution in [2.45, 2.75) is 43.7 Å². The Morgan fingerprint density at radius 3 is 1.69 bits per heavy atom. The number of carbonyl (C=O) groups excluding carboxylic acids is 1. The number of piperidine rings is 1. The molecule has 5 nitrogen and oxygen atoms in total. The molecule has 0 radical (unpaired) electrons. The first kappa shape index (κ1) is 27.6. The maximum absolute atomic E-state index is 14.1. The summed E-state index contributed by atoms with van der Waals surface area (Å²) in [6.07, 6.45) is 2.38. The van der Waals surface area contributed by atoms with Crippen molar-refractivity contribution in [3.05, 3.63) is 108 Å². The van der Waals surface area contributed by atoms with Crippen molar-refractivity contribution in [1.29, 1.82) is 0 Å². The molecular formula is C34H44N4O. The lowest BCUT2D eigenvalue weighted by molar-refractivity contribution is -0.140. The second-order valence-electron chi connectivity index (χ2n) is 11.9. The maximum atomic E-state index is 14.1. The molecule has 3 aromatic rings. The number of hydrogen-bond donors (Lipinski definition) is 1. The molecule has 0 saturated carbocycles. The van der Waals surface area contributed by atoms with E-state index in [9.17, 15) is 4.79 Å². The summed E-state index contributed by atoms with van der Waals surface area (Å²) < 4.78 is 0. The minimum absolute atomic E-state index is 0.0283. The van der Waals surface area contributed by atoms with Crippen LogP contribution in [0.4, 0.5) is 0 Å². The van der Waals surface area contributed by atoms with Gasteiger partial charge in [-0.25, -0.2) is 0 Å². The Morgan fingerprint density at radius 2 is 1.21 bits per heavy atom. The molecule has 5 heteroatoms. The van der Waals surface area contributed by atoms with Crippen LogP contribution in [0.5, 0.6) is 0 Å². The zero-order valence-corrected chi connectivity index (χ0v) is 23.8. The van der Waals surface area contributed by atoms with Crippen molar-refractivity contribution >= 4 is 5.91 Å². The van der Waals surface area contributed by atoms with Crippen LogP contribution >= 0.6 is 0 Å². The van der Waals surface area contributed by atoms with Gasteiger partial charge >= 0.3 is 0 Å². The third-order valence-electron chi connectivity index (χ3n) is 9.42. The number of piperazine rings is 1. The lowest BCUT2D eigenvalue weighted by Gasteiger charge is -2.52. The number of likely N-dealkylation sites (tertiary alicyclic amines) is 1. The Hall–Kier alpha value is -2.99. The van der Waals surface area contributed by atoms with Gasteiger partial charge in [0.2, 0.25) is 5.91 Å². The van der Waals surface area contributed by atoms with E-state index in [2.05, 4.69) is 78.4 Å². The number of rotatable bonds is 7. The molecule has 2 fully saturated rings. The Morgan fingerprint density at radius 1 is 0.744 bits per heavy atom. The molecule has 5 rings (SSSR count). The predicted octanol–water partition coefficient (Wildman–Crippen LogP) is 4.94. The van der Waals surface area contributed by atoms with Crippen LogP contribution in [-0.2, 0) is 10.3 Å². The lowest BCUT2D eigenvalue weighted by atomic mass is 9.73. The van der Waals surface area contributed by atoms with Crippen LogP contribution in [0.25, 0.3) is 0 Å². The van der Waals surface area contributed by atoms with Crippen molar-refractivity contribution in [1.82, 2.24) is 14.7 Å². The second kappa shape index (κ2) is 11.6. The van der Waals surface area contributed by atoms with Gasteiger partial charge in [0.1, 0.15) is 5.54 Å². The fourth-order valence-electron chi connectivity index (χ4n) is 7.04. The summed E-state index contributed by atoms with van der Waals surface area (Å²) in [5, 5.41) is 0. The predicted molar refractivity (Wildman–Crippen MR) is 159 cm³/mol. The topological polar surface area (TPSA) is 52.8 Å². The number of carbonyl (C=O) groups is 1. The van der Waals surface area contributed by atoms with E-state index in [-0.39, 0.29) is 17.4 Å². The molecule has 2 N–H and O–H groups in total. The summed E-state index contributed by atoms with van der Waals surface area (Å²) in [6, 6.07) is 31.5. The van der Waals surface area contributed by atoms with E-state index in [1.165, 1.54) is 18.4 Å². The molecular weight excluding hydrogens is 480 g/mol. The van der Waals surface area contributed by atoms with Gasteiger partial charge in [-0.2, -0.15) is 0 Å². The third kappa shape index (κ3) is 5.54. The number of nitrogens with two attached hydrogens (primary N) is 1. The van der Waals surface area contributed by atoms with Gasteiger partial charge in [0.05, 0.1) is 0 Å². The van der Waals surface area contributed by atoms with Gasteiger partial charge in [0.15, 0.2) is 0 Å². The van der Waals surface area contributed by atoms with E-state index in [1.807, 2.05) is 48.2 Å². The van der Waals surface area contributed by atoms with Crippen molar-refractivity contribution in [2.24, 2.45) is 11.7 Å². The Balaban J connectivity index is 1.37. The molecule has 2 heterocycles. The zero-order valence-electron chi connectivity index (χ0n) is 23.8. The van der Waals surface area contributed by atoms with Crippen molar-refractivity contribution < 1.29 is 4.79 Å². The highest BCUT2D eigenvalue weighted by Crippen LogP contribution is 2.42. The van der Waals surface area contributed by atoms with E-state index in [0.717, 1.165) is 37.3 Å². The standard InChI is InChI=1S/C34H44N4O/c1-33(35,31(27-13-7-4-8-14-27)28-15-9-5-10-16-28)32(39)37-23-25-38(26-24-37)34(2,29-17-11-6-12-18-29)30-19-21-36(3)22-20-30/h4-18,30-31H,19-26,35H2,1-3H3. The molecule has 0 aliphatic carbocycles. The van der Waals surface area contributed by atoms with Crippen LogP contribution in [0.15, 0.2) is 91.0 Å². The van der Waals surface area contributed by atoms with Crippen LogP contribution in [0.2, 0.25) is 0 Å². The summed E-state index contributed by atoms with van der Waals surface area (Å²) in [5.74, 6) is 0.387. The minimum Gasteiger partial charge on any atom is -0.339 e. The van der Waals surface area contributed by atoms with Gasteiger partial charge in [-0.15, -0.1) is 0 Å². The normalized spacial score (nSPS) is 20.9. The number of benzene rings is 3. The summed E-state index contributed by atoms with van der Waals surface area (Å²) >= 11 is 0.